The third-order valence-electron chi connectivity index (χ3n) is 11.3. The van der Waals surface area contributed by atoms with Crippen LogP contribution in [-0.4, -0.2) is 4.57 Å². The Labute approximate surface area is 325 Å². The highest BCUT2D eigenvalue weighted by molar-refractivity contribution is 6.19. The SMILES string of the molecule is c1ccc(N(c2ccc(-c3cc4ccccc4c4ccccc34)cc2)c2cccc(-c3cccc4c3c3cc5ccccc5cc3n4-c3ccccc3)c2)cc1. The van der Waals surface area contributed by atoms with Gasteiger partial charge in [0.15, 0.2) is 0 Å². The van der Waals surface area contributed by atoms with Crippen LogP contribution in [0.1, 0.15) is 0 Å². The lowest BCUT2D eigenvalue weighted by Gasteiger charge is -2.26. The predicted octanol–water partition coefficient (Wildman–Crippen LogP) is 15.0. The van der Waals surface area contributed by atoms with Gasteiger partial charge in [-0.1, -0.05) is 146 Å². The van der Waals surface area contributed by atoms with Crippen LogP contribution in [-0.2, 0) is 0 Å². The van der Waals surface area contributed by atoms with E-state index in [0.717, 1.165) is 22.7 Å². The van der Waals surface area contributed by atoms with Crippen LogP contribution in [0.4, 0.5) is 17.1 Å². The van der Waals surface area contributed by atoms with Crippen LogP contribution in [0.5, 0.6) is 0 Å². The third-order valence-corrected chi connectivity index (χ3v) is 11.3. The van der Waals surface area contributed by atoms with Crippen LogP contribution in [0.3, 0.4) is 0 Å². The molecule has 262 valence electrons. The van der Waals surface area contributed by atoms with Crippen molar-refractivity contribution in [2.24, 2.45) is 0 Å². The summed E-state index contributed by atoms with van der Waals surface area (Å²) in [5.74, 6) is 0. The van der Waals surface area contributed by atoms with E-state index in [1.54, 1.807) is 0 Å². The Bertz CT molecular complexity index is 3230. The Hall–Kier alpha value is -7.42. The Morgan fingerprint density at radius 3 is 1.70 bits per heavy atom. The fraction of sp³-hybridized carbons (Fsp3) is 0. The minimum atomic E-state index is 1.10. The third kappa shape index (κ3) is 5.26. The van der Waals surface area contributed by atoms with Crippen LogP contribution in [0, 0.1) is 0 Å². The van der Waals surface area contributed by atoms with Crippen LogP contribution in [0.2, 0.25) is 0 Å². The van der Waals surface area contributed by atoms with Gasteiger partial charge < -0.3 is 9.47 Å². The largest absolute Gasteiger partial charge is 0.310 e. The second-order valence-electron chi connectivity index (χ2n) is 14.5. The number of para-hydroxylation sites is 2. The second-order valence-corrected chi connectivity index (χ2v) is 14.5. The van der Waals surface area contributed by atoms with Gasteiger partial charge in [0.2, 0.25) is 0 Å². The number of anilines is 3. The number of aromatic nitrogens is 1. The van der Waals surface area contributed by atoms with Gasteiger partial charge in [0, 0.05) is 33.5 Å². The summed E-state index contributed by atoms with van der Waals surface area (Å²) in [6, 6.07) is 79.4. The highest BCUT2D eigenvalue weighted by atomic mass is 15.1. The number of hydrogen-bond donors (Lipinski definition) is 0. The lowest BCUT2D eigenvalue weighted by Crippen LogP contribution is -2.09. The average Bonchev–Trinajstić information content (AvgIpc) is 3.59. The van der Waals surface area contributed by atoms with Crippen molar-refractivity contribution in [1.29, 1.82) is 0 Å². The van der Waals surface area contributed by atoms with Gasteiger partial charge in [-0.25, -0.2) is 0 Å². The highest BCUT2D eigenvalue weighted by Crippen LogP contribution is 2.43. The van der Waals surface area contributed by atoms with E-state index in [1.807, 2.05) is 0 Å². The zero-order valence-electron chi connectivity index (χ0n) is 30.7. The molecular weight excluding hydrogens is 677 g/mol. The minimum Gasteiger partial charge on any atom is -0.310 e. The topological polar surface area (TPSA) is 8.17 Å². The molecule has 0 radical (unpaired) electrons. The number of rotatable bonds is 6. The number of hydrogen-bond acceptors (Lipinski definition) is 1. The molecule has 0 amide bonds. The smallest absolute Gasteiger partial charge is 0.0547 e. The van der Waals surface area contributed by atoms with Crippen molar-refractivity contribution in [2.45, 2.75) is 0 Å². The average molecular weight is 713 g/mol. The molecule has 0 spiro atoms. The summed E-state index contributed by atoms with van der Waals surface area (Å²) in [5.41, 5.74) is 11.7. The van der Waals surface area contributed by atoms with Crippen molar-refractivity contribution < 1.29 is 0 Å². The van der Waals surface area contributed by atoms with Crippen LogP contribution in [0.25, 0.3) is 82.1 Å². The first-order valence-electron chi connectivity index (χ1n) is 19.3. The molecule has 1 aromatic heterocycles. The number of nitrogens with zero attached hydrogens (tertiary/aromatic N) is 2. The summed E-state index contributed by atoms with van der Waals surface area (Å²) >= 11 is 0. The molecule has 10 aromatic carbocycles. The number of fused-ring (bicyclic) bond motifs is 7. The monoisotopic (exact) mass is 712 g/mol. The van der Waals surface area contributed by atoms with Gasteiger partial charge in [-0.2, -0.15) is 0 Å². The normalized spacial score (nSPS) is 11.6. The molecule has 2 nitrogen and oxygen atoms in total. The molecule has 0 aliphatic carbocycles. The molecule has 0 unspecified atom stereocenters. The summed E-state index contributed by atoms with van der Waals surface area (Å²) in [6.07, 6.45) is 0. The van der Waals surface area contributed by atoms with E-state index in [-0.39, 0.29) is 0 Å². The van der Waals surface area contributed by atoms with Crippen molar-refractivity contribution in [1.82, 2.24) is 4.57 Å². The molecule has 0 atom stereocenters. The second kappa shape index (κ2) is 13.2. The summed E-state index contributed by atoms with van der Waals surface area (Å²) in [6.45, 7) is 0. The van der Waals surface area contributed by atoms with E-state index in [9.17, 15) is 0 Å². The van der Waals surface area contributed by atoms with E-state index in [0.29, 0.717) is 0 Å². The molecule has 2 heteroatoms. The van der Waals surface area contributed by atoms with Gasteiger partial charge in [0.1, 0.15) is 0 Å². The maximum atomic E-state index is 2.42. The first-order chi connectivity index (χ1) is 27.8. The Kier molecular flexibility index (Phi) is 7.53. The molecule has 0 N–H and O–H groups in total. The van der Waals surface area contributed by atoms with Crippen molar-refractivity contribution in [3.05, 3.63) is 218 Å². The number of benzene rings is 10. The van der Waals surface area contributed by atoms with Crippen molar-refractivity contribution in [2.75, 3.05) is 4.90 Å². The van der Waals surface area contributed by atoms with E-state index >= 15 is 0 Å². The maximum absolute atomic E-state index is 2.42. The Balaban J connectivity index is 1.07. The molecule has 0 saturated heterocycles. The zero-order chi connectivity index (χ0) is 37.0. The summed E-state index contributed by atoms with van der Waals surface area (Å²) in [4.78, 5) is 2.37. The molecular formula is C54H36N2. The quantitative estimate of drug-likeness (QED) is 0.156. The molecule has 1 heterocycles. The first kappa shape index (κ1) is 32.0. The van der Waals surface area contributed by atoms with Crippen molar-refractivity contribution >= 4 is 71.2 Å². The fourth-order valence-electron chi connectivity index (χ4n) is 8.77. The summed E-state index contributed by atoms with van der Waals surface area (Å²) in [5, 5.41) is 10.1. The predicted molar refractivity (Wildman–Crippen MR) is 239 cm³/mol. The highest BCUT2D eigenvalue weighted by Gasteiger charge is 2.19. The minimum absolute atomic E-state index is 1.10. The molecule has 0 saturated carbocycles. The van der Waals surface area contributed by atoms with Crippen LogP contribution < -0.4 is 4.90 Å². The standard InChI is InChI=1S/C54H36N2/c1-3-19-42(20-4-1)55(44-31-29-37(30-32-44)50-35-41-17-9-10-24-46(41)48-25-11-12-26-49(48)50)45-23-13-18-40(33-45)47-27-14-28-52-54(47)51-34-38-15-7-8-16-39(38)36-53(51)56(52)43-21-5-2-6-22-43/h1-36H. The fourth-order valence-corrected chi connectivity index (χ4v) is 8.77. The van der Waals surface area contributed by atoms with E-state index in [2.05, 4.69) is 228 Å². The van der Waals surface area contributed by atoms with Crippen LogP contribution in [0.15, 0.2) is 218 Å². The molecule has 0 fully saturated rings. The molecule has 11 aromatic rings. The lowest BCUT2D eigenvalue weighted by molar-refractivity contribution is 1.18. The van der Waals surface area contributed by atoms with E-state index < -0.39 is 0 Å². The molecule has 0 aliphatic heterocycles. The molecule has 11 rings (SSSR count). The van der Waals surface area contributed by atoms with E-state index in [1.165, 1.54) is 76.4 Å². The molecule has 56 heavy (non-hydrogen) atoms. The van der Waals surface area contributed by atoms with Gasteiger partial charge in [-0.3, -0.25) is 0 Å². The maximum Gasteiger partial charge on any atom is 0.0547 e. The Morgan fingerprint density at radius 2 is 0.911 bits per heavy atom. The summed E-state index contributed by atoms with van der Waals surface area (Å²) in [7, 11) is 0. The van der Waals surface area contributed by atoms with Crippen LogP contribution >= 0.6 is 0 Å². The van der Waals surface area contributed by atoms with Gasteiger partial charge in [0.05, 0.1) is 11.0 Å². The summed E-state index contributed by atoms with van der Waals surface area (Å²) < 4.78 is 2.42. The van der Waals surface area contributed by atoms with Gasteiger partial charge in [-0.15, -0.1) is 0 Å². The van der Waals surface area contributed by atoms with Crippen molar-refractivity contribution in [3.63, 3.8) is 0 Å². The van der Waals surface area contributed by atoms with Gasteiger partial charge in [-0.05, 0) is 127 Å². The Morgan fingerprint density at radius 1 is 0.304 bits per heavy atom. The zero-order valence-corrected chi connectivity index (χ0v) is 30.7. The van der Waals surface area contributed by atoms with E-state index in [4.69, 9.17) is 0 Å². The molecule has 0 aliphatic rings. The molecule has 0 bridgehead atoms. The van der Waals surface area contributed by atoms with Gasteiger partial charge in [0.25, 0.3) is 0 Å². The first-order valence-corrected chi connectivity index (χ1v) is 19.3. The van der Waals surface area contributed by atoms with Gasteiger partial charge >= 0.3 is 0 Å². The van der Waals surface area contributed by atoms with Crippen molar-refractivity contribution in [3.8, 4) is 27.9 Å². The lowest BCUT2D eigenvalue weighted by atomic mass is 9.93.